The lowest BCUT2D eigenvalue weighted by atomic mass is 10.0. The van der Waals surface area contributed by atoms with Crippen molar-refractivity contribution in [2.24, 2.45) is 0 Å². The molecule has 0 saturated carbocycles. The monoisotopic (exact) mass is 588 g/mol. The predicted octanol–water partition coefficient (Wildman–Crippen LogP) is -2.53. The number of aliphatic hydroxyl groups excluding tert-OH is 3. The third-order valence-corrected chi connectivity index (χ3v) is 7.84. The summed E-state index contributed by atoms with van der Waals surface area (Å²) in [6, 6.07) is 12.0. The number of rotatable bonds is 12. The number of amides is 2. The number of phenolic OH excluding ortho intramolecular Hbond substituents is 1. The van der Waals surface area contributed by atoms with Gasteiger partial charge in [-0.25, -0.2) is 4.79 Å². The largest absolute Gasteiger partial charge is 0.508 e. The summed E-state index contributed by atoms with van der Waals surface area (Å²) in [4.78, 5) is 40.5. The molecule has 2 fully saturated rings. The fourth-order valence-corrected chi connectivity index (χ4v) is 5.49. The van der Waals surface area contributed by atoms with Gasteiger partial charge in [0, 0.05) is 19.4 Å². The zero-order valence-corrected chi connectivity index (χ0v) is 23.0. The number of phenols is 1. The molecule has 7 atom stereocenters. The van der Waals surface area contributed by atoms with Gasteiger partial charge in [0.25, 0.3) is 5.91 Å². The highest BCUT2D eigenvalue weighted by molar-refractivity contribution is 5.92. The standard InChI is InChI=1S/C29H37N3O10/c33-15-23-24(35)25(36)29(41,42-23)16-30-20(13-18-8-10-19(34)11-9-18)27(38)32-12-4-7-22(32)26(37)31-21(28(39)40)14-17-5-2-1-3-6-17/h1-3,5-6,8-11,20-25,30,33-36,41H,4,7,12-16H2,(H,31,37)(H,39,40)/p+1/t20-,21-,22-,23+,24+,25-,29-/m0/s1. The van der Waals surface area contributed by atoms with Crippen LogP contribution in [0.25, 0.3) is 0 Å². The molecule has 2 aliphatic heterocycles. The van der Waals surface area contributed by atoms with Crippen LogP contribution in [0.4, 0.5) is 0 Å². The van der Waals surface area contributed by atoms with Gasteiger partial charge in [0.15, 0.2) is 6.04 Å². The van der Waals surface area contributed by atoms with Crippen LogP contribution >= 0.6 is 0 Å². The molecule has 42 heavy (non-hydrogen) atoms. The molecule has 2 aromatic carbocycles. The van der Waals surface area contributed by atoms with Crippen molar-refractivity contribution < 1.29 is 55.1 Å². The summed E-state index contributed by atoms with van der Waals surface area (Å²) in [7, 11) is 0. The number of quaternary nitrogens is 1. The first-order chi connectivity index (χ1) is 20.0. The van der Waals surface area contributed by atoms with Gasteiger partial charge in [-0.3, -0.25) is 9.59 Å². The minimum atomic E-state index is -2.26. The van der Waals surface area contributed by atoms with E-state index in [-0.39, 0.29) is 31.7 Å². The molecular formula is C29H38N3O10+. The van der Waals surface area contributed by atoms with Gasteiger partial charge in [0.1, 0.15) is 42.7 Å². The number of hydrogen-bond donors (Lipinski definition) is 8. The maximum atomic E-state index is 13.9. The second-order valence-corrected chi connectivity index (χ2v) is 10.8. The molecule has 2 heterocycles. The minimum Gasteiger partial charge on any atom is -0.508 e. The molecule has 0 spiro atoms. The molecule has 0 radical (unpaired) electrons. The molecule has 2 aromatic rings. The summed E-state index contributed by atoms with van der Waals surface area (Å²) in [5.74, 6) is -4.46. The van der Waals surface area contributed by atoms with Crippen LogP contribution in [0.3, 0.4) is 0 Å². The first-order valence-electron chi connectivity index (χ1n) is 13.9. The normalized spacial score (nSPS) is 27.0. The highest BCUT2D eigenvalue weighted by Crippen LogP contribution is 2.28. The van der Waals surface area contributed by atoms with E-state index in [1.807, 2.05) is 0 Å². The number of nitrogens with zero attached hydrogens (tertiary/aromatic N) is 1. The Morgan fingerprint density at radius 2 is 1.71 bits per heavy atom. The number of aliphatic hydroxyl groups is 4. The molecule has 2 amide bonds. The van der Waals surface area contributed by atoms with Crippen molar-refractivity contribution in [3.8, 4) is 5.75 Å². The average molecular weight is 589 g/mol. The molecule has 13 nitrogen and oxygen atoms in total. The molecule has 13 heteroatoms. The van der Waals surface area contributed by atoms with Crippen molar-refractivity contribution in [3.63, 3.8) is 0 Å². The number of aliphatic carboxylic acids is 1. The van der Waals surface area contributed by atoms with Crippen LogP contribution in [0, 0.1) is 0 Å². The van der Waals surface area contributed by atoms with Crippen molar-refractivity contribution in [2.75, 3.05) is 19.7 Å². The van der Waals surface area contributed by atoms with E-state index >= 15 is 0 Å². The van der Waals surface area contributed by atoms with Gasteiger partial charge in [-0.1, -0.05) is 42.5 Å². The van der Waals surface area contributed by atoms with Crippen LogP contribution in [0.2, 0.25) is 0 Å². The molecule has 228 valence electrons. The molecule has 0 aliphatic carbocycles. The zero-order valence-electron chi connectivity index (χ0n) is 23.0. The Morgan fingerprint density at radius 3 is 2.33 bits per heavy atom. The van der Waals surface area contributed by atoms with E-state index in [2.05, 4.69) is 5.32 Å². The lowest BCUT2D eigenvalue weighted by Gasteiger charge is -2.30. The number of nitrogens with two attached hydrogens (primary N) is 1. The fourth-order valence-electron chi connectivity index (χ4n) is 5.49. The Morgan fingerprint density at radius 1 is 1.05 bits per heavy atom. The van der Waals surface area contributed by atoms with Gasteiger partial charge in [0.2, 0.25) is 11.7 Å². The number of ether oxygens (including phenoxy) is 1. The van der Waals surface area contributed by atoms with Crippen molar-refractivity contribution in [1.82, 2.24) is 10.2 Å². The lowest BCUT2D eigenvalue weighted by molar-refractivity contribution is -0.698. The van der Waals surface area contributed by atoms with Crippen molar-refractivity contribution >= 4 is 17.8 Å². The van der Waals surface area contributed by atoms with Crippen LogP contribution in [-0.2, 0) is 32.0 Å². The number of nitrogens with one attached hydrogen (secondary N) is 1. The van der Waals surface area contributed by atoms with Crippen LogP contribution in [0.5, 0.6) is 5.75 Å². The summed E-state index contributed by atoms with van der Waals surface area (Å²) in [6.07, 6.45) is -3.45. The number of likely N-dealkylation sites (tertiary alicyclic amines) is 1. The van der Waals surface area contributed by atoms with Gasteiger partial charge < -0.3 is 50.9 Å². The van der Waals surface area contributed by atoms with E-state index in [0.29, 0.717) is 18.4 Å². The van der Waals surface area contributed by atoms with Crippen LogP contribution in [-0.4, -0.2) is 115 Å². The van der Waals surface area contributed by atoms with Crippen LogP contribution in [0.1, 0.15) is 24.0 Å². The van der Waals surface area contributed by atoms with E-state index in [1.54, 1.807) is 42.5 Å². The van der Waals surface area contributed by atoms with E-state index in [1.165, 1.54) is 22.3 Å². The van der Waals surface area contributed by atoms with Gasteiger partial charge in [-0.2, -0.15) is 0 Å². The van der Waals surface area contributed by atoms with E-state index in [9.17, 15) is 45.0 Å². The van der Waals surface area contributed by atoms with Crippen LogP contribution in [0.15, 0.2) is 54.6 Å². The molecule has 0 unspecified atom stereocenters. The average Bonchev–Trinajstić information content (AvgIpc) is 3.56. The summed E-state index contributed by atoms with van der Waals surface area (Å²) < 4.78 is 5.32. The maximum Gasteiger partial charge on any atom is 0.326 e. The number of carboxylic acids is 1. The third kappa shape index (κ3) is 7.24. The SMILES string of the molecule is O=C(O)[C@H](Cc1ccccc1)NC(=O)[C@@H]1CCCN1C(=O)[C@H](Cc1ccc(O)cc1)[NH2+]C[C@]1(O)O[C@H](CO)[C@@H](O)[C@@H]1O. The van der Waals surface area contributed by atoms with Crippen molar-refractivity contribution in [3.05, 3.63) is 65.7 Å². The van der Waals surface area contributed by atoms with Crippen LogP contribution < -0.4 is 10.6 Å². The highest BCUT2D eigenvalue weighted by atomic mass is 16.7. The smallest absolute Gasteiger partial charge is 0.326 e. The number of hydrogen-bond acceptors (Lipinski definition) is 9. The molecule has 2 saturated heterocycles. The Kier molecular flexibility index (Phi) is 10.1. The summed E-state index contributed by atoms with van der Waals surface area (Å²) >= 11 is 0. The molecular weight excluding hydrogens is 550 g/mol. The van der Waals surface area contributed by atoms with E-state index in [0.717, 1.165) is 5.56 Å². The number of carbonyl (C=O) groups excluding carboxylic acids is 2. The molecule has 2 aliphatic rings. The Balaban J connectivity index is 1.50. The first kappa shape index (κ1) is 31.3. The Labute approximate surface area is 242 Å². The summed E-state index contributed by atoms with van der Waals surface area (Å²) in [5, 5.41) is 64.2. The number of benzene rings is 2. The minimum absolute atomic E-state index is 0.0335. The lowest BCUT2D eigenvalue weighted by Crippen LogP contribution is -2.96. The second kappa shape index (κ2) is 13.6. The fraction of sp³-hybridized carbons (Fsp3) is 0.483. The molecule has 9 N–H and O–H groups in total. The Hall–Kier alpha value is -3.59. The quantitative estimate of drug-likeness (QED) is 0.130. The number of aromatic hydroxyl groups is 1. The highest BCUT2D eigenvalue weighted by Gasteiger charge is 2.55. The Bertz CT molecular complexity index is 1230. The number of carboxylic acid groups (broad SMARTS) is 1. The van der Waals surface area contributed by atoms with E-state index in [4.69, 9.17) is 4.74 Å². The van der Waals surface area contributed by atoms with Crippen molar-refractivity contribution in [2.45, 2.75) is 67.9 Å². The summed E-state index contributed by atoms with van der Waals surface area (Å²) in [6.45, 7) is -0.760. The van der Waals surface area contributed by atoms with Gasteiger partial charge in [-0.15, -0.1) is 0 Å². The van der Waals surface area contributed by atoms with Gasteiger partial charge in [-0.05, 0) is 36.1 Å². The first-order valence-corrected chi connectivity index (χ1v) is 13.9. The van der Waals surface area contributed by atoms with Gasteiger partial charge in [0.05, 0.1) is 6.61 Å². The predicted molar refractivity (Wildman–Crippen MR) is 146 cm³/mol. The molecule has 0 aromatic heterocycles. The molecule has 0 bridgehead atoms. The molecule has 4 rings (SSSR count). The van der Waals surface area contributed by atoms with E-state index < -0.39 is 66.6 Å². The van der Waals surface area contributed by atoms with Crippen molar-refractivity contribution in [1.29, 1.82) is 0 Å². The topological polar surface area (TPSA) is 214 Å². The maximum absolute atomic E-state index is 13.9. The number of carbonyl (C=O) groups is 3. The zero-order chi connectivity index (χ0) is 30.4. The third-order valence-electron chi connectivity index (χ3n) is 7.84. The summed E-state index contributed by atoms with van der Waals surface area (Å²) in [5.41, 5.74) is 1.40. The second-order valence-electron chi connectivity index (χ2n) is 10.8. The van der Waals surface area contributed by atoms with Gasteiger partial charge >= 0.3 is 5.97 Å².